The molecule has 0 saturated carbocycles. The van der Waals surface area contributed by atoms with Crippen LogP contribution >= 0.6 is 0 Å². The summed E-state index contributed by atoms with van der Waals surface area (Å²) in [6, 6.07) is 1.56. The Labute approximate surface area is 107 Å². The van der Waals surface area contributed by atoms with Gasteiger partial charge in [0.05, 0.1) is 23.6 Å². The first-order chi connectivity index (χ1) is 9.11. The Balaban J connectivity index is 2.32. The first kappa shape index (κ1) is 12.6. The van der Waals surface area contributed by atoms with E-state index in [-0.39, 0.29) is 12.1 Å². The molecule has 0 aliphatic heterocycles. The molecule has 96 valence electrons. The molecular formula is C12H9N3O4. The van der Waals surface area contributed by atoms with Gasteiger partial charge >= 0.3 is 5.97 Å². The molecule has 0 amide bonds. The Morgan fingerprint density at radius 1 is 1.63 bits per heavy atom. The summed E-state index contributed by atoms with van der Waals surface area (Å²) in [5.74, 6) is 4.89. The number of rotatable bonds is 2. The molecule has 0 aliphatic carbocycles. The molecule has 0 saturated heterocycles. The van der Waals surface area contributed by atoms with Crippen molar-refractivity contribution in [2.75, 3.05) is 7.11 Å². The fourth-order valence-corrected chi connectivity index (χ4v) is 1.50. The van der Waals surface area contributed by atoms with Crippen LogP contribution in [0.4, 0.5) is 5.69 Å². The Morgan fingerprint density at radius 3 is 3.11 bits per heavy atom. The average molecular weight is 259 g/mol. The second-order valence-electron chi connectivity index (χ2n) is 3.61. The van der Waals surface area contributed by atoms with E-state index in [1.807, 2.05) is 0 Å². The van der Waals surface area contributed by atoms with Crippen molar-refractivity contribution in [3.05, 3.63) is 34.1 Å². The number of H-pyrrole nitrogens is 1. The lowest BCUT2D eigenvalue weighted by atomic mass is 10.2. The number of nitrogens with zero attached hydrogens (tertiary/aromatic N) is 2. The quantitative estimate of drug-likeness (QED) is 0.380. The van der Waals surface area contributed by atoms with Crippen LogP contribution in [0.2, 0.25) is 0 Å². The van der Waals surface area contributed by atoms with Gasteiger partial charge < -0.3 is 9.72 Å². The molecule has 7 nitrogen and oxygen atoms in total. The molecule has 2 rings (SSSR count). The van der Waals surface area contributed by atoms with E-state index in [0.717, 1.165) is 0 Å². The van der Waals surface area contributed by atoms with Crippen LogP contribution in [-0.4, -0.2) is 28.0 Å². The molecular weight excluding hydrogens is 250 g/mol. The molecule has 2 aromatic rings. The number of pyridine rings is 1. The number of nitro groups is 1. The van der Waals surface area contributed by atoms with Crippen molar-refractivity contribution in [3.8, 4) is 11.8 Å². The first-order valence-electron chi connectivity index (χ1n) is 5.29. The van der Waals surface area contributed by atoms with E-state index in [0.29, 0.717) is 16.6 Å². The molecule has 0 spiro atoms. The van der Waals surface area contributed by atoms with Crippen molar-refractivity contribution in [2.24, 2.45) is 0 Å². The number of carbonyl (C=O) groups is 1. The average Bonchev–Trinajstić information content (AvgIpc) is 2.81. The number of esters is 1. The molecule has 0 atom stereocenters. The highest BCUT2D eigenvalue weighted by atomic mass is 16.6. The maximum absolute atomic E-state index is 10.9. The van der Waals surface area contributed by atoms with Crippen LogP contribution in [0.25, 0.3) is 11.0 Å². The monoisotopic (exact) mass is 259 g/mol. The molecule has 0 bridgehead atoms. The van der Waals surface area contributed by atoms with Gasteiger partial charge in [0.2, 0.25) is 0 Å². The molecule has 1 N–H and O–H groups in total. The van der Waals surface area contributed by atoms with Crippen LogP contribution in [-0.2, 0) is 9.53 Å². The van der Waals surface area contributed by atoms with Crippen LogP contribution in [0.1, 0.15) is 12.0 Å². The molecule has 0 fully saturated rings. The number of nitrogens with one attached hydrogen (secondary N) is 1. The van der Waals surface area contributed by atoms with E-state index >= 15 is 0 Å². The van der Waals surface area contributed by atoms with E-state index in [4.69, 9.17) is 0 Å². The van der Waals surface area contributed by atoms with Crippen molar-refractivity contribution in [1.29, 1.82) is 0 Å². The van der Waals surface area contributed by atoms with Crippen LogP contribution < -0.4 is 0 Å². The second kappa shape index (κ2) is 5.18. The molecule has 0 radical (unpaired) electrons. The molecule has 2 aromatic heterocycles. The number of aromatic amines is 1. The Morgan fingerprint density at radius 2 is 2.42 bits per heavy atom. The van der Waals surface area contributed by atoms with Gasteiger partial charge in [-0.3, -0.25) is 14.9 Å². The number of ether oxygens (including phenoxy) is 1. The van der Waals surface area contributed by atoms with Gasteiger partial charge in [0.15, 0.2) is 0 Å². The zero-order chi connectivity index (χ0) is 13.8. The van der Waals surface area contributed by atoms with Gasteiger partial charge in [-0.1, -0.05) is 11.8 Å². The summed E-state index contributed by atoms with van der Waals surface area (Å²) < 4.78 is 4.45. The third-order valence-corrected chi connectivity index (χ3v) is 2.40. The molecule has 0 unspecified atom stereocenters. The lowest BCUT2D eigenvalue weighted by Gasteiger charge is -1.92. The summed E-state index contributed by atoms with van der Waals surface area (Å²) in [5, 5.41) is 11.2. The number of aromatic nitrogens is 2. The summed E-state index contributed by atoms with van der Waals surface area (Å²) in [6.07, 6.45) is 2.72. The minimum Gasteiger partial charge on any atom is -0.468 e. The van der Waals surface area contributed by atoms with Crippen molar-refractivity contribution in [2.45, 2.75) is 6.42 Å². The predicted octanol–water partition coefficient (Wildman–Crippen LogP) is 1.39. The number of hydrogen-bond acceptors (Lipinski definition) is 5. The van der Waals surface area contributed by atoms with Gasteiger partial charge in [-0.25, -0.2) is 4.98 Å². The van der Waals surface area contributed by atoms with Gasteiger partial charge in [0, 0.05) is 11.8 Å². The topological polar surface area (TPSA) is 98.1 Å². The van der Waals surface area contributed by atoms with Crippen molar-refractivity contribution in [1.82, 2.24) is 9.97 Å². The van der Waals surface area contributed by atoms with Crippen LogP contribution in [0.15, 0.2) is 18.5 Å². The fraction of sp³-hybridized carbons (Fsp3) is 0.167. The summed E-state index contributed by atoms with van der Waals surface area (Å²) >= 11 is 0. The lowest BCUT2D eigenvalue weighted by Crippen LogP contribution is -1.97. The SMILES string of the molecule is COC(=O)CC#Cc1cnc2[nH]cc([N+](=O)[O-])c2c1. The van der Waals surface area contributed by atoms with Crippen molar-refractivity contribution < 1.29 is 14.5 Å². The molecule has 2 heterocycles. The maximum atomic E-state index is 10.9. The maximum Gasteiger partial charge on any atom is 0.317 e. The smallest absolute Gasteiger partial charge is 0.317 e. The lowest BCUT2D eigenvalue weighted by molar-refractivity contribution is -0.383. The third kappa shape index (κ3) is 2.69. The van der Waals surface area contributed by atoms with Gasteiger partial charge in [-0.05, 0) is 6.07 Å². The second-order valence-corrected chi connectivity index (χ2v) is 3.61. The van der Waals surface area contributed by atoms with Crippen molar-refractivity contribution in [3.63, 3.8) is 0 Å². The largest absolute Gasteiger partial charge is 0.468 e. The van der Waals surface area contributed by atoms with Crippen LogP contribution in [0.5, 0.6) is 0 Å². The first-order valence-corrected chi connectivity index (χ1v) is 5.29. The summed E-state index contributed by atoms with van der Waals surface area (Å²) in [4.78, 5) is 27.9. The number of carbonyl (C=O) groups excluding carboxylic acids is 1. The zero-order valence-electron chi connectivity index (χ0n) is 9.97. The van der Waals surface area contributed by atoms with Gasteiger partial charge in [-0.15, -0.1) is 0 Å². The van der Waals surface area contributed by atoms with E-state index in [1.165, 1.54) is 19.5 Å². The highest BCUT2D eigenvalue weighted by Gasteiger charge is 2.14. The predicted molar refractivity (Wildman–Crippen MR) is 66.3 cm³/mol. The normalized spacial score (nSPS) is 9.74. The minimum absolute atomic E-state index is 0.0379. The number of methoxy groups -OCH3 is 1. The summed E-state index contributed by atoms with van der Waals surface area (Å²) in [5.41, 5.74) is 0.864. The third-order valence-electron chi connectivity index (χ3n) is 2.40. The Hall–Kier alpha value is -2.88. The van der Waals surface area contributed by atoms with E-state index < -0.39 is 10.9 Å². The molecule has 0 aliphatic rings. The summed E-state index contributed by atoms with van der Waals surface area (Å²) in [6.45, 7) is 0. The van der Waals surface area contributed by atoms with Gasteiger partial charge in [-0.2, -0.15) is 0 Å². The fourth-order valence-electron chi connectivity index (χ4n) is 1.50. The molecule has 0 aromatic carbocycles. The van der Waals surface area contributed by atoms with Crippen LogP contribution in [0.3, 0.4) is 0 Å². The number of hydrogen-bond donors (Lipinski definition) is 1. The Kier molecular flexibility index (Phi) is 3.43. The minimum atomic E-state index is -0.494. The van der Waals surface area contributed by atoms with Gasteiger partial charge in [0.1, 0.15) is 12.1 Å². The van der Waals surface area contributed by atoms with E-state index in [9.17, 15) is 14.9 Å². The zero-order valence-corrected chi connectivity index (χ0v) is 9.97. The highest BCUT2D eigenvalue weighted by molar-refractivity contribution is 5.87. The standard InChI is InChI=1S/C12H9N3O4/c1-19-11(16)4-2-3-8-5-9-10(15(17)18)7-14-12(9)13-6-8/h5-7H,4H2,1H3,(H,13,14). The molecule has 19 heavy (non-hydrogen) atoms. The van der Waals surface area contributed by atoms with Crippen LogP contribution in [0, 0.1) is 22.0 Å². The highest BCUT2D eigenvalue weighted by Crippen LogP contribution is 2.23. The van der Waals surface area contributed by atoms with E-state index in [2.05, 4.69) is 26.5 Å². The Bertz CT molecular complexity index is 709. The van der Waals surface area contributed by atoms with E-state index in [1.54, 1.807) is 6.07 Å². The summed E-state index contributed by atoms with van der Waals surface area (Å²) in [7, 11) is 1.28. The number of fused-ring (bicyclic) bond motifs is 1. The van der Waals surface area contributed by atoms with Gasteiger partial charge in [0.25, 0.3) is 5.69 Å². The molecule has 7 heteroatoms. The van der Waals surface area contributed by atoms with Crippen molar-refractivity contribution >= 4 is 22.7 Å².